The molecule has 0 amide bonds. The lowest BCUT2D eigenvalue weighted by molar-refractivity contribution is -0.145. The lowest BCUT2D eigenvalue weighted by Gasteiger charge is -2.46. The van der Waals surface area contributed by atoms with Crippen LogP contribution in [0.15, 0.2) is 21.7 Å². The summed E-state index contributed by atoms with van der Waals surface area (Å²) in [4.78, 5) is 45.6. The molecule has 4 unspecified atom stereocenters. The van der Waals surface area contributed by atoms with Gasteiger partial charge in [0.1, 0.15) is 10.8 Å². The molecule has 0 heterocycles. The number of carbonyl (C=O) groups is 4. The molecule has 42 heavy (non-hydrogen) atoms. The smallest absolute Gasteiger partial charge is 0.334 e. The molecule has 0 spiro atoms. The van der Waals surface area contributed by atoms with Crippen LogP contribution in [0.5, 0.6) is 0 Å². The maximum atomic E-state index is 13.0. The van der Waals surface area contributed by atoms with Gasteiger partial charge in [0.05, 0.1) is 20.1 Å². The summed E-state index contributed by atoms with van der Waals surface area (Å²) in [5.74, 6) is -6.29. The first-order valence-electron chi connectivity index (χ1n) is 12.0. The number of carboxylic acids is 4. The van der Waals surface area contributed by atoms with E-state index in [1.54, 1.807) is 6.92 Å². The van der Waals surface area contributed by atoms with E-state index >= 15 is 0 Å². The Kier molecular flexibility index (Phi) is 6.66. The first-order valence-corrected chi connectivity index (χ1v) is 14.3. The van der Waals surface area contributed by atoms with Gasteiger partial charge in [-0.25, -0.2) is 9.59 Å². The van der Waals surface area contributed by atoms with Crippen LogP contribution >= 0.6 is 69.6 Å². The van der Waals surface area contributed by atoms with Crippen molar-refractivity contribution in [3.63, 3.8) is 0 Å². The molecule has 4 aliphatic carbocycles. The zero-order chi connectivity index (χ0) is 31.8. The molecular formula is C28H18Cl6O8. The van der Waals surface area contributed by atoms with Crippen molar-refractivity contribution in [2.75, 3.05) is 0 Å². The van der Waals surface area contributed by atoms with Crippen molar-refractivity contribution in [3.05, 3.63) is 54.4 Å². The van der Waals surface area contributed by atoms with Crippen molar-refractivity contribution in [2.24, 2.45) is 10.8 Å². The molecular weight excluding hydrogens is 677 g/mol. The maximum Gasteiger partial charge on any atom is 0.334 e. The van der Waals surface area contributed by atoms with E-state index in [4.69, 9.17) is 69.6 Å². The summed E-state index contributed by atoms with van der Waals surface area (Å²) in [6.45, 7) is 5.84. The van der Waals surface area contributed by atoms with Gasteiger partial charge in [-0.3, -0.25) is 9.59 Å². The molecule has 14 heteroatoms. The van der Waals surface area contributed by atoms with Gasteiger partial charge in [0, 0.05) is 16.7 Å². The van der Waals surface area contributed by atoms with Crippen molar-refractivity contribution in [3.8, 4) is 0 Å². The normalized spacial score (nSPS) is 31.3. The van der Waals surface area contributed by atoms with E-state index in [0.29, 0.717) is 5.57 Å². The third kappa shape index (κ3) is 3.18. The SMILES string of the molecule is CC1=C(C)C(C)(C(=O)O)C2=c3c(c4c5c(c31)C(Cl)=C(Cl)C(Cl)(C(=O)O)C=5C(Cl)(C(=O)O)C(Cl)=C4Cl)C=CC2(C)C(=O)O. The van der Waals surface area contributed by atoms with Crippen LogP contribution in [0.2, 0.25) is 0 Å². The molecule has 1 aromatic carbocycles. The number of rotatable bonds is 4. The van der Waals surface area contributed by atoms with Crippen LogP contribution in [0.4, 0.5) is 0 Å². The lowest BCUT2D eigenvalue weighted by Crippen LogP contribution is -2.56. The van der Waals surface area contributed by atoms with Crippen LogP contribution in [0.25, 0.3) is 32.9 Å². The zero-order valence-corrected chi connectivity index (χ0v) is 26.4. The molecule has 4 aliphatic rings. The van der Waals surface area contributed by atoms with E-state index in [-0.39, 0.29) is 43.8 Å². The molecule has 4 atom stereocenters. The maximum absolute atomic E-state index is 13.0. The number of fused-ring (bicyclic) bond motifs is 2. The molecule has 0 fully saturated rings. The van der Waals surface area contributed by atoms with Gasteiger partial charge in [0.2, 0.25) is 9.75 Å². The fourth-order valence-corrected chi connectivity index (χ4v) is 8.57. The van der Waals surface area contributed by atoms with Gasteiger partial charge in [-0.05, 0) is 66.0 Å². The molecule has 8 nitrogen and oxygen atoms in total. The molecule has 0 saturated carbocycles. The van der Waals surface area contributed by atoms with E-state index in [2.05, 4.69) is 0 Å². The Balaban J connectivity index is 2.31. The van der Waals surface area contributed by atoms with Gasteiger partial charge >= 0.3 is 23.9 Å². The summed E-state index contributed by atoms with van der Waals surface area (Å²) in [6, 6.07) is 0. The highest BCUT2D eigenvalue weighted by Gasteiger charge is 2.63. The van der Waals surface area contributed by atoms with Crippen molar-refractivity contribution in [1.29, 1.82) is 0 Å². The van der Waals surface area contributed by atoms with E-state index in [9.17, 15) is 39.6 Å². The van der Waals surface area contributed by atoms with Gasteiger partial charge in [0.15, 0.2) is 0 Å². The molecule has 220 valence electrons. The number of carboxylic acid groups (broad SMARTS) is 4. The second-order valence-electron chi connectivity index (χ2n) is 10.7. The average molecular weight is 695 g/mol. The summed E-state index contributed by atoms with van der Waals surface area (Å²) in [7, 11) is 0. The van der Waals surface area contributed by atoms with Gasteiger partial charge < -0.3 is 20.4 Å². The highest BCUT2D eigenvalue weighted by Crippen LogP contribution is 2.59. The van der Waals surface area contributed by atoms with E-state index in [0.717, 1.165) is 0 Å². The van der Waals surface area contributed by atoms with Gasteiger partial charge in [-0.15, -0.1) is 0 Å². The van der Waals surface area contributed by atoms with Crippen LogP contribution in [0, 0.1) is 10.8 Å². The molecule has 5 rings (SSSR count). The Labute approximate surface area is 267 Å². The number of aliphatic carboxylic acids is 4. The predicted molar refractivity (Wildman–Crippen MR) is 161 cm³/mol. The fourth-order valence-electron chi connectivity index (χ4n) is 6.55. The zero-order valence-electron chi connectivity index (χ0n) is 21.8. The Bertz CT molecular complexity index is 1900. The fraction of sp³-hybridized carbons (Fsp3) is 0.286. The first kappa shape index (κ1) is 31.0. The Morgan fingerprint density at radius 1 is 0.667 bits per heavy atom. The van der Waals surface area contributed by atoms with E-state index < -0.39 is 70.2 Å². The quantitative estimate of drug-likeness (QED) is 0.304. The minimum atomic E-state index is -2.82. The van der Waals surface area contributed by atoms with Gasteiger partial charge in [0.25, 0.3) is 0 Å². The monoisotopic (exact) mass is 692 g/mol. The first-order chi connectivity index (χ1) is 19.2. The molecule has 0 saturated heterocycles. The number of hydrogen-bond acceptors (Lipinski definition) is 4. The van der Waals surface area contributed by atoms with Crippen molar-refractivity contribution < 1.29 is 39.6 Å². The number of alkyl halides is 2. The second kappa shape index (κ2) is 9.03. The Morgan fingerprint density at radius 2 is 1.14 bits per heavy atom. The highest BCUT2D eigenvalue weighted by atomic mass is 35.5. The van der Waals surface area contributed by atoms with Crippen LogP contribution < -0.4 is 10.4 Å². The predicted octanol–water partition coefficient (Wildman–Crippen LogP) is 5.45. The summed E-state index contributed by atoms with van der Waals surface area (Å²) in [5, 5.41) is 39.4. The van der Waals surface area contributed by atoms with Crippen molar-refractivity contribution >= 4 is 126 Å². The number of allylic oxidation sites excluding steroid dienone is 1. The van der Waals surface area contributed by atoms with Crippen LogP contribution in [0.3, 0.4) is 0 Å². The second-order valence-corrected chi connectivity index (χ2v) is 13.4. The average Bonchev–Trinajstić information content (AvgIpc) is 2.91. The number of halogens is 6. The third-order valence-electron chi connectivity index (χ3n) is 8.91. The molecule has 0 bridgehead atoms. The van der Waals surface area contributed by atoms with Crippen LogP contribution in [0.1, 0.15) is 49.9 Å². The number of hydrogen-bond donors (Lipinski definition) is 4. The largest absolute Gasteiger partial charge is 0.480 e. The molecule has 0 aliphatic heterocycles. The van der Waals surface area contributed by atoms with E-state index in [1.165, 1.54) is 32.9 Å². The highest BCUT2D eigenvalue weighted by molar-refractivity contribution is 6.66. The third-order valence-corrected chi connectivity index (χ3v) is 12.1. The standard InChI is InChI=1S/C28H18Cl6O8/c1-7-8(2)26(4,22(37)38)17-12-9(5-6-25(17,3)21(35)36)11-14-13(10(7)12)16(30)20(32)28(34,24(41)42)18(14)27(33,23(39)40)19(31)15(11)29/h5-6H,1-4H3,(H,35,36)(H,37,38)(H,39,40)(H,41,42). The molecule has 1 aromatic rings. The van der Waals surface area contributed by atoms with E-state index in [1.807, 2.05) is 0 Å². The molecule has 4 N–H and O–H groups in total. The van der Waals surface area contributed by atoms with Crippen molar-refractivity contribution in [2.45, 2.75) is 37.4 Å². The number of benzene rings is 1. The van der Waals surface area contributed by atoms with Crippen LogP contribution in [-0.4, -0.2) is 54.1 Å². The Hall–Kier alpha value is -2.46. The summed E-state index contributed by atoms with van der Waals surface area (Å²) >= 11 is 40.0. The van der Waals surface area contributed by atoms with Crippen LogP contribution in [-0.2, 0) is 19.2 Å². The molecule has 0 aromatic heterocycles. The van der Waals surface area contributed by atoms with Gasteiger partial charge in [-0.1, -0.05) is 81.8 Å². The van der Waals surface area contributed by atoms with Crippen molar-refractivity contribution in [1.82, 2.24) is 0 Å². The minimum Gasteiger partial charge on any atom is -0.480 e. The topological polar surface area (TPSA) is 149 Å². The summed E-state index contributed by atoms with van der Waals surface area (Å²) in [5.41, 5.74) is -3.56. The lowest BCUT2D eigenvalue weighted by atomic mass is 9.57. The Morgan fingerprint density at radius 3 is 1.57 bits per heavy atom. The van der Waals surface area contributed by atoms with Gasteiger partial charge in [-0.2, -0.15) is 0 Å². The summed E-state index contributed by atoms with van der Waals surface area (Å²) < 4.78 is 0. The summed E-state index contributed by atoms with van der Waals surface area (Å²) in [6.07, 6.45) is 2.67. The molecule has 0 radical (unpaired) electrons. The minimum absolute atomic E-state index is 0.0331.